The Bertz CT molecular complexity index is 558. The third-order valence-corrected chi connectivity index (χ3v) is 3.67. The lowest BCUT2D eigenvalue weighted by atomic mass is 10.3. The van der Waals surface area contributed by atoms with E-state index >= 15 is 0 Å². The van der Waals surface area contributed by atoms with Crippen LogP contribution in [0.1, 0.15) is 31.8 Å². The van der Waals surface area contributed by atoms with Crippen molar-refractivity contribution in [1.29, 1.82) is 0 Å². The summed E-state index contributed by atoms with van der Waals surface area (Å²) in [5.41, 5.74) is 2.31. The van der Waals surface area contributed by atoms with Gasteiger partial charge in [0, 0.05) is 10.6 Å². The van der Waals surface area contributed by atoms with Crippen LogP contribution in [0.5, 0.6) is 0 Å². The van der Waals surface area contributed by atoms with Crippen LogP contribution in [0.4, 0.5) is 0 Å². The molecule has 5 heteroatoms. The van der Waals surface area contributed by atoms with E-state index in [1.165, 1.54) is 4.88 Å². The van der Waals surface area contributed by atoms with Crippen molar-refractivity contribution in [3.63, 3.8) is 0 Å². The summed E-state index contributed by atoms with van der Waals surface area (Å²) in [7, 11) is 0. The number of aromatic nitrogens is 2. The molecule has 0 aliphatic heterocycles. The van der Waals surface area contributed by atoms with Crippen molar-refractivity contribution in [2.24, 2.45) is 0 Å². The summed E-state index contributed by atoms with van der Waals surface area (Å²) in [5.74, 6) is -0.163. The van der Waals surface area contributed by atoms with Crippen molar-refractivity contribution >= 4 is 17.2 Å². The van der Waals surface area contributed by atoms with E-state index in [-0.39, 0.29) is 5.91 Å². The molecule has 2 heterocycles. The van der Waals surface area contributed by atoms with Crippen LogP contribution in [0.3, 0.4) is 0 Å². The third kappa shape index (κ3) is 2.92. The quantitative estimate of drug-likeness (QED) is 0.923. The molecule has 1 amide bonds. The van der Waals surface area contributed by atoms with Gasteiger partial charge >= 0.3 is 0 Å². The summed E-state index contributed by atoms with van der Waals surface area (Å²) in [4.78, 5) is 21.6. The lowest BCUT2D eigenvalue weighted by Crippen LogP contribution is -2.23. The van der Waals surface area contributed by atoms with Crippen molar-refractivity contribution in [3.05, 3.63) is 45.2 Å². The maximum absolute atomic E-state index is 11.9. The minimum Gasteiger partial charge on any atom is -0.344 e. The maximum atomic E-state index is 11.9. The normalized spacial score (nSPS) is 10.4. The van der Waals surface area contributed by atoms with Crippen LogP contribution in [0.15, 0.2) is 18.2 Å². The van der Waals surface area contributed by atoms with E-state index in [1.807, 2.05) is 32.9 Å². The maximum Gasteiger partial charge on any atom is 0.270 e. The number of hydrogen-bond acceptors (Lipinski definition) is 4. The van der Waals surface area contributed by atoms with Crippen LogP contribution in [-0.2, 0) is 6.54 Å². The first-order valence-electron chi connectivity index (χ1n) is 5.71. The van der Waals surface area contributed by atoms with E-state index in [0.717, 1.165) is 16.4 Å². The van der Waals surface area contributed by atoms with Crippen molar-refractivity contribution in [2.45, 2.75) is 27.3 Å². The predicted molar refractivity (Wildman–Crippen MR) is 71.7 cm³/mol. The zero-order chi connectivity index (χ0) is 13.1. The Morgan fingerprint density at radius 3 is 2.67 bits per heavy atom. The van der Waals surface area contributed by atoms with Crippen LogP contribution in [0.25, 0.3) is 0 Å². The molecule has 0 aliphatic carbocycles. The highest BCUT2D eigenvalue weighted by Crippen LogP contribution is 2.16. The minimum absolute atomic E-state index is 0.163. The van der Waals surface area contributed by atoms with Gasteiger partial charge in [-0.15, -0.1) is 11.3 Å². The molecule has 0 saturated carbocycles. The molecule has 2 aromatic heterocycles. The van der Waals surface area contributed by atoms with E-state index in [2.05, 4.69) is 15.3 Å². The second kappa shape index (κ2) is 5.27. The van der Waals surface area contributed by atoms with Gasteiger partial charge in [0.15, 0.2) is 0 Å². The molecule has 18 heavy (non-hydrogen) atoms. The summed E-state index contributed by atoms with van der Waals surface area (Å²) < 4.78 is 0. The van der Waals surface area contributed by atoms with Gasteiger partial charge in [-0.3, -0.25) is 4.79 Å². The van der Waals surface area contributed by atoms with Gasteiger partial charge in [-0.05, 0) is 32.9 Å². The van der Waals surface area contributed by atoms with E-state index in [9.17, 15) is 4.79 Å². The van der Waals surface area contributed by atoms with Gasteiger partial charge < -0.3 is 5.32 Å². The van der Waals surface area contributed by atoms with Crippen molar-refractivity contribution in [1.82, 2.24) is 15.3 Å². The number of aryl methyl sites for hydroxylation is 3. The molecule has 4 nitrogen and oxygen atoms in total. The van der Waals surface area contributed by atoms with Crippen molar-refractivity contribution in [2.75, 3.05) is 0 Å². The summed E-state index contributed by atoms with van der Waals surface area (Å²) in [6.45, 7) is 6.32. The van der Waals surface area contributed by atoms with Crippen LogP contribution < -0.4 is 5.32 Å². The minimum atomic E-state index is -0.163. The fourth-order valence-corrected chi connectivity index (χ4v) is 2.40. The Morgan fingerprint density at radius 2 is 2.06 bits per heavy atom. The molecule has 0 bridgehead atoms. The summed E-state index contributed by atoms with van der Waals surface area (Å²) in [6.07, 6.45) is 0. The predicted octanol–water partition coefficient (Wildman–Crippen LogP) is 2.39. The molecule has 0 unspecified atom stereocenters. The molecule has 1 N–H and O–H groups in total. The van der Waals surface area contributed by atoms with Crippen LogP contribution in [0.2, 0.25) is 0 Å². The first-order valence-corrected chi connectivity index (χ1v) is 6.52. The molecular formula is C13H15N3OS. The van der Waals surface area contributed by atoms with E-state index in [0.29, 0.717) is 12.2 Å². The molecule has 0 spiro atoms. The van der Waals surface area contributed by atoms with E-state index < -0.39 is 0 Å². The summed E-state index contributed by atoms with van der Waals surface area (Å²) >= 11 is 1.61. The first kappa shape index (κ1) is 12.7. The highest BCUT2D eigenvalue weighted by atomic mass is 32.1. The van der Waals surface area contributed by atoms with Crippen molar-refractivity contribution < 1.29 is 4.79 Å². The number of nitrogens with one attached hydrogen (secondary N) is 1. The number of carbonyl (C=O) groups is 1. The van der Waals surface area contributed by atoms with Gasteiger partial charge in [0.25, 0.3) is 5.91 Å². The lowest BCUT2D eigenvalue weighted by Gasteiger charge is -2.02. The molecule has 0 radical (unpaired) electrons. The van der Waals surface area contributed by atoms with E-state index in [1.54, 1.807) is 17.4 Å². The summed E-state index contributed by atoms with van der Waals surface area (Å²) in [6, 6.07) is 5.40. The number of nitrogens with zero attached hydrogens (tertiary/aromatic N) is 2. The second-order valence-electron chi connectivity index (χ2n) is 4.10. The average Bonchev–Trinajstić information content (AvgIpc) is 2.66. The van der Waals surface area contributed by atoms with Crippen LogP contribution in [-0.4, -0.2) is 15.9 Å². The Hall–Kier alpha value is -1.75. The molecule has 0 atom stereocenters. The summed E-state index contributed by atoms with van der Waals surface area (Å²) in [5, 5.41) is 3.75. The molecule has 0 aromatic carbocycles. The molecular weight excluding hydrogens is 246 g/mol. The molecule has 2 aromatic rings. The molecule has 0 aliphatic rings. The Balaban J connectivity index is 2.00. The fraction of sp³-hybridized carbons (Fsp3) is 0.308. The van der Waals surface area contributed by atoms with Gasteiger partial charge in [-0.2, -0.15) is 0 Å². The standard InChI is InChI=1S/C13H15N3OS/c1-8-5-4-6-11(15-8)13(17)14-7-12-16-9(2)10(3)18-12/h4-6H,7H2,1-3H3,(H,14,17). The number of carbonyl (C=O) groups excluding carboxylic acids is 1. The zero-order valence-corrected chi connectivity index (χ0v) is 11.5. The van der Waals surface area contributed by atoms with Crippen LogP contribution in [0, 0.1) is 20.8 Å². The molecule has 0 saturated heterocycles. The monoisotopic (exact) mass is 261 g/mol. The zero-order valence-electron chi connectivity index (χ0n) is 10.7. The number of pyridine rings is 1. The molecule has 94 valence electrons. The van der Waals surface area contributed by atoms with Crippen molar-refractivity contribution in [3.8, 4) is 0 Å². The Morgan fingerprint density at radius 1 is 1.28 bits per heavy atom. The number of amides is 1. The first-order chi connectivity index (χ1) is 8.56. The highest BCUT2D eigenvalue weighted by molar-refractivity contribution is 7.11. The number of thiazole rings is 1. The van der Waals surface area contributed by atoms with Gasteiger partial charge in [-0.1, -0.05) is 6.07 Å². The molecule has 0 fully saturated rings. The van der Waals surface area contributed by atoms with Gasteiger partial charge in [0.2, 0.25) is 0 Å². The second-order valence-corrected chi connectivity index (χ2v) is 5.38. The highest BCUT2D eigenvalue weighted by Gasteiger charge is 2.09. The third-order valence-electron chi connectivity index (χ3n) is 2.59. The lowest BCUT2D eigenvalue weighted by molar-refractivity contribution is 0.0945. The number of hydrogen-bond donors (Lipinski definition) is 1. The SMILES string of the molecule is Cc1cccc(C(=O)NCc2nc(C)c(C)s2)n1. The van der Waals surface area contributed by atoms with Gasteiger partial charge in [0.1, 0.15) is 10.7 Å². The Labute approximate surface area is 110 Å². The average molecular weight is 261 g/mol. The van der Waals surface area contributed by atoms with E-state index in [4.69, 9.17) is 0 Å². The smallest absolute Gasteiger partial charge is 0.270 e. The van der Waals surface area contributed by atoms with Crippen LogP contribution >= 0.6 is 11.3 Å². The molecule has 2 rings (SSSR count). The van der Waals surface area contributed by atoms with Gasteiger partial charge in [0.05, 0.1) is 12.2 Å². The largest absolute Gasteiger partial charge is 0.344 e. The topological polar surface area (TPSA) is 54.9 Å². The van der Waals surface area contributed by atoms with Gasteiger partial charge in [-0.25, -0.2) is 9.97 Å². The number of rotatable bonds is 3. The fourth-order valence-electron chi connectivity index (χ4n) is 1.53. The Kier molecular flexibility index (Phi) is 3.72.